The standard InChI is InChI=1S/C24H35ClN4O2S/c1-5-28(6-2)32(30,31)29-24(21-13-15-22(25)16-14-21)23(20-11-8-7-9-12-20)19-27(29)18-10-17-26(3)4/h7-9,11-16,23-24H,5-6,10,17-19H2,1-4H3. The molecule has 0 aliphatic carbocycles. The minimum Gasteiger partial charge on any atom is -0.309 e. The van der Waals surface area contributed by atoms with Crippen molar-refractivity contribution in [2.75, 3.05) is 46.8 Å². The number of benzene rings is 2. The smallest absolute Gasteiger partial charge is 0.295 e. The predicted octanol–water partition coefficient (Wildman–Crippen LogP) is 4.24. The van der Waals surface area contributed by atoms with Gasteiger partial charge in [-0.2, -0.15) is 12.7 Å². The van der Waals surface area contributed by atoms with Gasteiger partial charge in [-0.15, -0.1) is 4.41 Å². The zero-order valence-corrected chi connectivity index (χ0v) is 21.1. The van der Waals surface area contributed by atoms with E-state index < -0.39 is 10.2 Å². The number of hydrazine groups is 1. The van der Waals surface area contributed by atoms with E-state index >= 15 is 0 Å². The van der Waals surface area contributed by atoms with Crippen LogP contribution in [0.15, 0.2) is 54.6 Å². The second-order valence-corrected chi connectivity index (χ2v) is 10.7. The molecule has 0 saturated carbocycles. The third-order valence-electron chi connectivity index (χ3n) is 6.03. The van der Waals surface area contributed by atoms with Crippen molar-refractivity contribution < 1.29 is 8.42 Å². The summed E-state index contributed by atoms with van der Waals surface area (Å²) in [6, 6.07) is 17.5. The highest BCUT2D eigenvalue weighted by molar-refractivity contribution is 7.86. The minimum absolute atomic E-state index is 0.0158. The topological polar surface area (TPSA) is 47.1 Å². The molecule has 2 unspecified atom stereocenters. The molecule has 2 atom stereocenters. The van der Waals surface area contributed by atoms with Gasteiger partial charge >= 0.3 is 0 Å². The molecule has 0 N–H and O–H groups in total. The molecule has 32 heavy (non-hydrogen) atoms. The molecular weight excluding hydrogens is 444 g/mol. The average molecular weight is 479 g/mol. The summed E-state index contributed by atoms with van der Waals surface area (Å²) in [5.74, 6) is 0.0158. The molecule has 0 aromatic heterocycles. The SMILES string of the molecule is CCN(CC)S(=O)(=O)N1C(c2ccc(Cl)cc2)C(c2ccccc2)CN1CCCN(C)C. The summed E-state index contributed by atoms with van der Waals surface area (Å²) in [6.07, 6.45) is 0.881. The Labute approximate surface area is 198 Å². The van der Waals surface area contributed by atoms with Crippen molar-refractivity contribution in [1.82, 2.24) is 18.6 Å². The molecule has 3 rings (SSSR count). The summed E-state index contributed by atoms with van der Waals surface area (Å²) < 4.78 is 31.0. The molecule has 1 aliphatic rings. The van der Waals surface area contributed by atoms with E-state index in [4.69, 9.17) is 11.6 Å². The molecule has 0 radical (unpaired) electrons. The van der Waals surface area contributed by atoms with Gasteiger partial charge in [-0.25, -0.2) is 5.01 Å². The number of nitrogens with zero attached hydrogens (tertiary/aromatic N) is 4. The largest absolute Gasteiger partial charge is 0.309 e. The molecule has 0 bridgehead atoms. The fourth-order valence-electron chi connectivity index (χ4n) is 4.46. The number of halogens is 1. The molecule has 1 aliphatic heterocycles. The second kappa shape index (κ2) is 11.1. The summed E-state index contributed by atoms with van der Waals surface area (Å²) >= 11 is 6.17. The van der Waals surface area contributed by atoms with Crippen molar-refractivity contribution in [2.45, 2.75) is 32.2 Å². The lowest BCUT2D eigenvalue weighted by molar-refractivity contribution is 0.0779. The van der Waals surface area contributed by atoms with Crippen LogP contribution in [0.4, 0.5) is 0 Å². The van der Waals surface area contributed by atoms with Crippen LogP contribution in [0, 0.1) is 0 Å². The van der Waals surface area contributed by atoms with Crippen molar-refractivity contribution in [3.63, 3.8) is 0 Å². The monoisotopic (exact) mass is 478 g/mol. The Morgan fingerprint density at radius 3 is 2.16 bits per heavy atom. The molecule has 6 nitrogen and oxygen atoms in total. The molecule has 1 fully saturated rings. The first-order valence-electron chi connectivity index (χ1n) is 11.3. The maximum Gasteiger partial charge on any atom is 0.295 e. The molecular formula is C24H35ClN4O2S. The Balaban J connectivity index is 2.10. The first kappa shape index (κ1) is 25.1. The quantitative estimate of drug-likeness (QED) is 0.512. The van der Waals surface area contributed by atoms with Gasteiger partial charge in [-0.1, -0.05) is 67.9 Å². The van der Waals surface area contributed by atoms with Crippen LogP contribution in [-0.4, -0.2) is 73.9 Å². The molecule has 8 heteroatoms. The summed E-state index contributed by atoms with van der Waals surface area (Å²) in [4.78, 5) is 2.13. The van der Waals surface area contributed by atoms with E-state index in [2.05, 4.69) is 17.0 Å². The van der Waals surface area contributed by atoms with Crippen molar-refractivity contribution in [3.05, 3.63) is 70.7 Å². The van der Waals surface area contributed by atoms with Crippen LogP contribution < -0.4 is 0 Å². The summed E-state index contributed by atoms with van der Waals surface area (Å²) in [7, 11) is 0.376. The fourth-order valence-corrected chi connectivity index (χ4v) is 6.47. The average Bonchev–Trinajstić information content (AvgIpc) is 3.15. The molecule has 176 valence electrons. The van der Waals surface area contributed by atoms with Crippen LogP contribution in [0.25, 0.3) is 0 Å². The van der Waals surface area contributed by atoms with E-state index in [0.29, 0.717) is 31.2 Å². The molecule has 1 heterocycles. The Morgan fingerprint density at radius 2 is 1.59 bits per heavy atom. The van der Waals surface area contributed by atoms with Gasteiger partial charge in [-0.3, -0.25) is 0 Å². The normalized spacial score (nSPS) is 20.5. The van der Waals surface area contributed by atoms with Gasteiger partial charge < -0.3 is 4.90 Å². The van der Waals surface area contributed by atoms with Crippen LogP contribution in [0.2, 0.25) is 5.02 Å². The van der Waals surface area contributed by atoms with E-state index in [1.165, 1.54) is 0 Å². The molecule has 2 aromatic rings. The first-order valence-corrected chi connectivity index (χ1v) is 13.1. The van der Waals surface area contributed by atoms with Gasteiger partial charge in [0.15, 0.2) is 0 Å². The lowest BCUT2D eigenvalue weighted by Crippen LogP contribution is -2.50. The van der Waals surface area contributed by atoms with Crippen LogP contribution in [0.3, 0.4) is 0 Å². The summed E-state index contributed by atoms with van der Waals surface area (Å²) in [5, 5.41) is 2.68. The molecule has 2 aromatic carbocycles. The van der Waals surface area contributed by atoms with E-state index in [-0.39, 0.29) is 12.0 Å². The number of hydrogen-bond acceptors (Lipinski definition) is 4. The van der Waals surface area contributed by atoms with Gasteiger partial charge in [-0.05, 0) is 50.3 Å². The van der Waals surface area contributed by atoms with E-state index in [1.807, 2.05) is 75.4 Å². The molecule has 0 amide bonds. The number of rotatable bonds is 10. The first-order chi connectivity index (χ1) is 15.3. The lowest BCUT2D eigenvalue weighted by atomic mass is 9.89. The maximum atomic E-state index is 13.9. The highest BCUT2D eigenvalue weighted by Crippen LogP contribution is 2.45. The van der Waals surface area contributed by atoms with Gasteiger partial charge in [0.2, 0.25) is 0 Å². The van der Waals surface area contributed by atoms with Crippen molar-refractivity contribution >= 4 is 21.8 Å². The van der Waals surface area contributed by atoms with Crippen molar-refractivity contribution in [3.8, 4) is 0 Å². The Hall–Kier alpha value is -1.48. The lowest BCUT2D eigenvalue weighted by Gasteiger charge is -2.35. The van der Waals surface area contributed by atoms with Gasteiger partial charge in [0.25, 0.3) is 10.2 Å². The minimum atomic E-state index is -3.70. The van der Waals surface area contributed by atoms with Crippen LogP contribution in [-0.2, 0) is 10.2 Å². The Kier molecular flexibility index (Phi) is 8.72. The second-order valence-electron chi connectivity index (χ2n) is 8.45. The summed E-state index contributed by atoms with van der Waals surface area (Å²) in [5.41, 5.74) is 2.09. The predicted molar refractivity (Wildman–Crippen MR) is 132 cm³/mol. The van der Waals surface area contributed by atoms with Gasteiger partial charge in [0.1, 0.15) is 0 Å². The number of hydrogen-bond donors (Lipinski definition) is 0. The van der Waals surface area contributed by atoms with Gasteiger partial charge in [0.05, 0.1) is 6.04 Å². The van der Waals surface area contributed by atoms with Crippen LogP contribution in [0.1, 0.15) is 43.4 Å². The molecule has 1 saturated heterocycles. The van der Waals surface area contributed by atoms with Crippen molar-refractivity contribution in [2.24, 2.45) is 0 Å². The zero-order chi connectivity index (χ0) is 23.3. The van der Waals surface area contributed by atoms with Crippen molar-refractivity contribution in [1.29, 1.82) is 0 Å². The fraction of sp³-hybridized carbons (Fsp3) is 0.500. The van der Waals surface area contributed by atoms with E-state index in [0.717, 1.165) is 24.1 Å². The maximum absolute atomic E-state index is 13.9. The highest BCUT2D eigenvalue weighted by atomic mass is 35.5. The van der Waals surface area contributed by atoms with E-state index in [9.17, 15) is 8.42 Å². The highest BCUT2D eigenvalue weighted by Gasteiger charge is 2.48. The third-order valence-corrected chi connectivity index (χ3v) is 8.39. The van der Waals surface area contributed by atoms with E-state index in [1.54, 1.807) is 8.72 Å². The van der Waals surface area contributed by atoms with Crippen LogP contribution >= 0.6 is 11.6 Å². The molecule has 0 spiro atoms. The van der Waals surface area contributed by atoms with Gasteiger partial charge in [0, 0.05) is 37.1 Å². The van der Waals surface area contributed by atoms with Crippen LogP contribution in [0.5, 0.6) is 0 Å². The summed E-state index contributed by atoms with van der Waals surface area (Å²) in [6.45, 7) is 6.86. The zero-order valence-electron chi connectivity index (χ0n) is 19.5. The Bertz CT molecular complexity index is 950. The Morgan fingerprint density at radius 1 is 0.969 bits per heavy atom. The third kappa shape index (κ3) is 5.53.